The van der Waals surface area contributed by atoms with Crippen LogP contribution in [0.1, 0.15) is 5.56 Å². The van der Waals surface area contributed by atoms with Crippen molar-refractivity contribution in [3.8, 4) is 0 Å². The number of aryl methyl sites for hydroxylation is 2. The fourth-order valence-electron chi connectivity index (χ4n) is 1.15. The Hall–Kier alpha value is -0.880. The van der Waals surface area contributed by atoms with Crippen LogP contribution in [0.3, 0.4) is 0 Å². The lowest BCUT2D eigenvalue weighted by atomic mass is 10.2. The van der Waals surface area contributed by atoms with E-state index in [1.807, 2.05) is 0 Å². The fourth-order valence-corrected chi connectivity index (χ4v) is 2.29. The van der Waals surface area contributed by atoms with Crippen LogP contribution in [0.25, 0.3) is 0 Å². The molecule has 0 amide bonds. The van der Waals surface area contributed by atoms with Gasteiger partial charge in [-0.15, -0.1) is 5.10 Å². The Morgan fingerprint density at radius 1 is 1.57 bits per heavy atom. The summed E-state index contributed by atoms with van der Waals surface area (Å²) in [5.41, 5.74) is 6.77. The van der Waals surface area contributed by atoms with Gasteiger partial charge in [0.05, 0.1) is 0 Å². The fraction of sp³-hybridized carbons (Fsp3) is 0.250. The molecule has 4 nitrogen and oxygen atoms in total. The Labute approximate surface area is 93.9 Å². The highest BCUT2D eigenvalue weighted by Crippen LogP contribution is 2.11. The molecule has 2 N–H and O–H groups in total. The molecular formula is C8H9BrN4S. The van der Waals surface area contributed by atoms with E-state index in [2.05, 4.69) is 42.8 Å². The van der Waals surface area contributed by atoms with E-state index < -0.39 is 0 Å². The number of anilines is 1. The van der Waals surface area contributed by atoms with Crippen molar-refractivity contribution in [3.63, 3.8) is 0 Å². The minimum atomic E-state index is 0.308. The number of hydrogen-bond donors (Lipinski definition) is 1. The van der Waals surface area contributed by atoms with Gasteiger partial charge in [0.2, 0.25) is 5.95 Å². The van der Waals surface area contributed by atoms with Crippen molar-refractivity contribution in [3.05, 3.63) is 27.1 Å². The Bertz CT molecular complexity index is 409. The van der Waals surface area contributed by atoms with Crippen molar-refractivity contribution >= 4 is 33.2 Å². The van der Waals surface area contributed by atoms with Crippen LogP contribution in [0.15, 0.2) is 21.6 Å². The van der Waals surface area contributed by atoms with Crippen molar-refractivity contribution in [1.29, 1.82) is 0 Å². The third-order valence-corrected chi connectivity index (χ3v) is 3.15. The molecule has 0 atom stereocenters. The van der Waals surface area contributed by atoms with E-state index >= 15 is 0 Å². The van der Waals surface area contributed by atoms with Gasteiger partial charge in [-0.1, -0.05) is 0 Å². The predicted molar refractivity (Wildman–Crippen MR) is 60.2 cm³/mol. The third kappa shape index (κ3) is 2.13. The molecule has 0 aliphatic heterocycles. The molecule has 0 bridgehead atoms. The second-order valence-corrected chi connectivity index (χ2v) is 4.33. The zero-order chi connectivity index (χ0) is 9.97. The molecule has 0 radical (unpaired) electrons. The van der Waals surface area contributed by atoms with Crippen LogP contribution in [0, 0.1) is 0 Å². The summed E-state index contributed by atoms with van der Waals surface area (Å²) in [6.45, 7) is 0.793. The standard InChI is InChI=1S/C8H9BrN4S/c9-7-11-8(10)12-13(7)3-1-6-2-4-14-5-6/h2,4-5H,1,3H2,(H2,10,12). The average molecular weight is 273 g/mol. The Balaban J connectivity index is 2.01. The number of halogens is 1. The van der Waals surface area contributed by atoms with Gasteiger partial charge >= 0.3 is 0 Å². The average Bonchev–Trinajstić information content (AvgIpc) is 2.72. The van der Waals surface area contributed by atoms with E-state index in [1.165, 1.54) is 5.56 Å². The molecule has 74 valence electrons. The number of aromatic nitrogens is 3. The van der Waals surface area contributed by atoms with Gasteiger partial charge in [0.15, 0.2) is 4.73 Å². The minimum Gasteiger partial charge on any atom is -0.366 e. The van der Waals surface area contributed by atoms with Crippen molar-refractivity contribution < 1.29 is 0 Å². The molecule has 0 aromatic carbocycles. The van der Waals surface area contributed by atoms with Gasteiger partial charge in [0.1, 0.15) is 0 Å². The first kappa shape index (κ1) is 9.67. The molecule has 0 aliphatic rings. The third-order valence-electron chi connectivity index (χ3n) is 1.84. The van der Waals surface area contributed by atoms with Gasteiger partial charge in [-0.25, -0.2) is 4.68 Å². The van der Waals surface area contributed by atoms with Gasteiger partial charge in [-0.05, 0) is 44.7 Å². The maximum absolute atomic E-state index is 5.46. The second-order valence-electron chi connectivity index (χ2n) is 2.84. The lowest BCUT2D eigenvalue weighted by Gasteiger charge is -1.99. The summed E-state index contributed by atoms with van der Waals surface area (Å²) < 4.78 is 2.44. The number of thiophene rings is 1. The monoisotopic (exact) mass is 272 g/mol. The van der Waals surface area contributed by atoms with E-state index in [-0.39, 0.29) is 0 Å². The molecular weight excluding hydrogens is 264 g/mol. The molecule has 2 heterocycles. The van der Waals surface area contributed by atoms with E-state index in [0.717, 1.165) is 13.0 Å². The molecule has 0 unspecified atom stereocenters. The summed E-state index contributed by atoms with van der Waals surface area (Å²) in [4.78, 5) is 3.96. The van der Waals surface area contributed by atoms with Gasteiger partial charge in [0.25, 0.3) is 0 Å². The molecule has 0 spiro atoms. The number of nitrogens with zero attached hydrogens (tertiary/aromatic N) is 3. The Kier molecular flexibility index (Phi) is 2.83. The molecule has 2 aromatic heterocycles. The molecule has 0 fully saturated rings. The maximum atomic E-state index is 5.46. The number of nitrogens with two attached hydrogens (primary N) is 1. The van der Waals surface area contributed by atoms with Crippen molar-refractivity contribution in [2.75, 3.05) is 5.73 Å². The minimum absolute atomic E-state index is 0.308. The van der Waals surface area contributed by atoms with Crippen LogP contribution < -0.4 is 5.73 Å². The van der Waals surface area contributed by atoms with Crippen molar-refractivity contribution in [2.45, 2.75) is 13.0 Å². The van der Waals surface area contributed by atoms with Gasteiger partial charge in [-0.2, -0.15) is 16.3 Å². The molecule has 2 aromatic rings. The zero-order valence-corrected chi connectivity index (χ0v) is 9.75. The highest BCUT2D eigenvalue weighted by Gasteiger charge is 2.04. The smallest absolute Gasteiger partial charge is 0.240 e. The highest BCUT2D eigenvalue weighted by atomic mass is 79.9. The molecule has 14 heavy (non-hydrogen) atoms. The lowest BCUT2D eigenvalue weighted by molar-refractivity contribution is 0.602. The Morgan fingerprint density at radius 3 is 3.00 bits per heavy atom. The van der Waals surface area contributed by atoms with Crippen LogP contribution in [0.4, 0.5) is 5.95 Å². The predicted octanol–water partition coefficient (Wildman–Crippen LogP) is 1.93. The number of rotatable bonds is 3. The first-order valence-electron chi connectivity index (χ1n) is 4.12. The largest absolute Gasteiger partial charge is 0.366 e. The topological polar surface area (TPSA) is 56.7 Å². The maximum Gasteiger partial charge on any atom is 0.240 e. The summed E-state index contributed by atoms with van der Waals surface area (Å²) in [6, 6.07) is 2.11. The molecule has 0 saturated heterocycles. The summed E-state index contributed by atoms with van der Waals surface area (Å²) in [5.74, 6) is 0.308. The van der Waals surface area contributed by atoms with E-state index in [4.69, 9.17) is 5.73 Å². The van der Waals surface area contributed by atoms with Crippen molar-refractivity contribution in [2.24, 2.45) is 0 Å². The van der Waals surface area contributed by atoms with Crippen LogP contribution in [-0.2, 0) is 13.0 Å². The van der Waals surface area contributed by atoms with Gasteiger partial charge < -0.3 is 5.73 Å². The van der Waals surface area contributed by atoms with Gasteiger partial charge in [-0.3, -0.25) is 0 Å². The van der Waals surface area contributed by atoms with Crippen molar-refractivity contribution in [1.82, 2.24) is 14.8 Å². The second kappa shape index (κ2) is 4.10. The summed E-state index contributed by atoms with van der Waals surface area (Å²) >= 11 is 5.00. The summed E-state index contributed by atoms with van der Waals surface area (Å²) in [7, 11) is 0. The summed E-state index contributed by atoms with van der Waals surface area (Å²) in [5, 5.41) is 8.25. The molecule has 6 heteroatoms. The van der Waals surface area contributed by atoms with E-state index in [9.17, 15) is 0 Å². The zero-order valence-electron chi connectivity index (χ0n) is 7.35. The first-order chi connectivity index (χ1) is 6.75. The van der Waals surface area contributed by atoms with Crippen LogP contribution >= 0.6 is 27.3 Å². The SMILES string of the molecule is Nc1nc(Br)n(CCc2ccsc2)n1. The molecule has 0 saturated carbocycles. The van der Waals surface area contributed by atoms with Crippen LogP contribution in [0.5, 0.6) is 0 Å². The van der Waals surface area contributed by atoms with Gasteiger partial charge in [0, 0.05) is 6.54 Å². The van der Waals surface area contributed by atoms with Crippen LogP contribution in [-0.4, -0.2) is 14.8 Å². The first-order valence-corrected chi connectivity index (χ1v) is 5.86. The van der Waals surface area contributed by atoms with Crippen LogP contribution in [0.2, 0.25) is 0 Å². The number of nitrogen functional groups attached to an aromatic ring is 1. The highest BCUT2D eigenvalue weighted by molar-refractivity contribution is 9.10. The van der Waals surface area contributed by atoms with E-state index in [1.54, 1.807) is 16.0 Å². The lowest BCUT2D eigenvalue weighted by Crippen LogP contribution is -2.03. The van der Waals surface area contributed by atoms with E-state index in [0.29, 0.717) is 10.7 Å². The quantitative estimate of drug-likeness (QED) is 0.929. The number of hydrogen-bond acceptors (Lipinski definition) is 4. The summed E-state index contributed by atoms with van der Waals surface area (Å²) in [6.07, 6.45) is 0.949. The molecule has 2 rings (SSSR count). The molecule has 0 aliphatic carbocycles. The normalized spacial score (nSPS) is 10.6. The Morgan fingerprint density at radius 2 is 2.43 bits per heavy atom.